The molecule has 3 rings (SSSR count). The van der Waals surface area contributed by atoms with Crippen LogP contribution in [0, 0.1) is 13.8 Å². The Morgan fingerprint density at radius 2 is 1.86 bits per heavy atom. The number of amides is 1. The molecule has 28 heavy (non-hydrogen) atoms. The van der Waals surface area contributed by atoms with Gasteiger partial charge in [-0.15, -0.1) is 0 Å². The van der Waals surface area contributed by atoms with Crippen LogP contribution in [0.4, 0.5) is 10.5 Å². The lowest BCUT2D eigenvalue weighted by molar-refractivity contribution is -0.119. The number of hydrogen-bond donors (Lipinski definition) is 1. The number of methoxy groups -OCH3 is 1. The van der Waals surface area contributed by atoms with Crippen molar-refractivity contribution >= 4 is 17.7 Å². The highest BCUT2D eigenvalue weighted by Crippen LogP contribution is 2.28. The van der Waals surface area contributed by atoms with Gasteiger partial charge in [0.1, 0.15) is 5.75 Å². The van der Waals surface area contributed by atoms with Gasteiger partial charge in [0, 0.05) is 12.2 Å². The number of anilines is 1. The third-order valence-corrected chi connectivity index (χ3v) is 5.15. The fourth-order valence-corrected chi connectivity index (χ4v) is 3.74. The SMILES string of the molecule is COC(=O)Oc1cc(C)c(CC(N)C(=O)N2CCCc3ccccc32)c(C)c1. The van der Waals surface area contributed by atoms with E-state index in [9.17, 15) is 9.59 Å². The maximum atomic E-state index is 13.1. The molecule has 0 fully saturated rings. The Morgan fingerprint density at radius 1 is 1.18 bits per heavy atom. The van der Waals surface area contributed by atoms with Crippen LogP contribution in [0.2, 0.25) is 0 Å². The number of hydrogen-bond acceptors (Lipinski definition) is 5. The number of ether oxygens (including phenoxy) is 2. The molecular formula is C22H26N2O4. The first-order valence-corrected chi connectivity index (χ1v) is 9.41. The molecule has 2 N–H and O–H groups in total. The Balaban J connectivity index is 1.77. The van der Waals surface area contributed by atoms with Gasteiger partial charge in [-0.2, -0.15) is 0 Å². The lowest BCUT2D eigenvalue weighted by atomic mass is 9.94. The first kappa shape index (κ1) is 19.9. The highest BCUT2D eigenvalue weighted by molar-refractivity contribution is 5.98. The molecule has 1 atom stereocenters. The van der Waals surface area contributed by atoms with E-state index in [2.05, 4.69) is 10.8 Å². The second-order valence-corrected chi connectivity index (χ2v) is 7.12. The van der Waals surface area contributed by atoms with Crippen molar-refractivity contribution in [1.29, 1.82) is 0 Å². The largest absolute Gasteiger partial charge is 0.513 e. The van der Waals surface area contributed by atoms with E-state index < -0.39 is 12.2 Å². The van der Waals surface area contributed by atoms with Crippen LogP contribution in [-0.2, 0) is 22.4 Å². The lowest BCUT2D eigenvalue weighted by Gasteiger charge is -2.31. The minimum Gasteiger partial charge on any atom is -0.437 e. The van der Waals surface area contributed by atoms with Gasteiger partial charge in [-0.3, -0.25) is 4.79 Å². The van der Waals surface area contributed by atoms with Crippen molar-refractivity contribution in [2.45, 2.75) is 39.2 Å². The Kier molecular flexibility index (Phi) is 5.99. The molecule has 1 unspecified atom stereocenters. The molecule has 1 aliphatic rings. The molecule has 6 nitrogen and oxygen atoms in total. The number of fused-ring (bicyclic) bond motifs is 1. The summed E-state index contributed by atoms with van der Waals surface area (Å²) >= 11 is 0. The first-order valence-electron chi connectivity index (χ1n) is 9.41. The summed E-state index contributed by atoms with van der Waals surface area (Å²) in [7, 11) is 1.26. The summed E-state index contributed by atoms with van der Waals surface area (Å²) in [5.74, 6) is 0.344. The van der Waals surface area contributed by atoms with E-state index in [4.69, 9.17) is 10.5 Å². The molecule has 0 spiro atoms. The van der Waals surface area contributed by atoms with Gasteiger partial charge in [0.15, 0.2) is 0 Å². The average molecular weight is 382 g/mol. The minimum absolute atomic E-state index is 0.0687. The first-order chi connectivity index (χ1) is 13.4. The van der Waals surface area contributed by atoms with Crippen molar-refractivity contribution in [3.63, 3.8) is 0 Å². The number of benzene rings is 2. The average Bonchev–Trinajstić information content (AvgIpc) is 2.69. The molecule has 1 amide bonds. The van der Waals surface area contributed by atoms with Gasteiger partial charge in [-0.05, 0) is 73.6 Å². The third kappa shape index (κ3) is 4.17. The molecule has 0 aromatic heterocycles. The summed E-state index contributed by atoms with van der Waals surface area (Å²) in [6.45, 7) is 4.52. The topological polar surface area (TPSA) is 81.9 Å². The number of rotatable bonds is 4. The molecule has 2 aromatic carbocycles. The summed E-state index contributed by atoms with van der Waals surface area (Å²) < 4.78 is 9.62. The number of carbonyl (C=O) groups is 2. The van der Waals surface area contributed by atoms with E-state index in [0.717, 1.165) is 35.2 Å². The van der Waals surface area contributed by atoms with Crippen LogP contribution in [0.1, 0.15) is 28.7 Å². The number of para-hydroxylation sites is 1. The van der Waals surface area contributed by atoms with Gasteiger partial charge >= 0.3 is 6.16 Å². The fourth-order valence-electron chi connectivity index (χ4n) is 3.74. The van der Waals surface area contributed by atoms with Crippen molar-refractivity contribution < 1.29 is 19.1 Å². The Bertz CT molecular complexity index is 871. The highest BCUT2D eigenvalue weighted by atomic mass is 16.7. The summed E-state index contributed by atoms with van der Waals surface area (Å²) in [5, 5.41) is 0. The van der Waals surface area contributed by atoms with Crippen molar-refractivity contribution in [3.05, 3.63) is 58.7 Å². The zero-order chi connectivity index (χ0) is 20.3. The Hall–Kier alpha value is -2.86. The van der Waals surface area contributed by atoms with Crippen LogP contribution in [0.3, 0.4) is 0 Å². The van der Waals surface area contributed by atoms with Gasteiger partial charge in [0.25, 0.3) is 0 Å². The molecule has 1 heterocycles. The van der Waals surface area contributed by atoms with Crippen LogP contribution in [-0.4, -0.2) is 31.8 Å². The van der Waals surface area contributed by atoms with E-state index in [1.807, 2.05) is 36.9 Å². The zero-order valence-electron chi connectivity index (χ0n) is 16.5. The van der Waals surface area contributed by atoms with E-state index in [1.54, 1.807) is 12.1 Å². The molecule has 148 valence electrons. The zero-order valence-corrected chi connectivity index (χ0v) is 16.5. The summed E-state index contributed by atoms with van der Waals surface area (Å²) in [6.07, 6.45) is 1.58. The van der Waals surface area contributed by atoms with Crippen molar-refractivity contribution in [1.82, 2.24) is 0 Å². The highest BCUT2D eigenvalue weighted by Gasteiger charge is 2.27. The standard InChI is InChI=1S/C22H26N2O4/c1-14-11-17(28-22(26)27-3)12-15(2)18(14)13-19(23)21(25)24-10-6-8-16-7-4-5-9-20(16)24/h4-5,7,9,11-12,19H,6,8,10,13,23H2,1-3H3. The summed E-state index contributed by atoms with van der Waals surface area (Å²) in [6, 6.07) is 10.9. The number of aryl methyl sites for hydroxylation is 3. The quantitative estimate of drug-likeness (QED) is 0.648. The molecule has 0 radical (unpaired) electrons. The van der Waals surface area contributed by atoms with Gasteiger partial charge in [-0.1, -0.05) is 18.2 Å². The van der Waals surface area contributed by atoms with Gasteiger partial charge in [0.05, 0.1) is 13.2 Å². The molecule has 0 aliphatic carbocycles. The van der Waals surface area contributed by atoms with Crippen molar-refractivity contribution in [3.8, 4) is 5.75 Å². The van der Waals surface area contributed by atoms with E-state index in [0.29, 0.717) is 18.7 Å². The van der Waals surface area contributed by atoms with Gasteiger partial charge < -0.3 is 20.1 Å². The third-order valence-electron chi connectivity index (χ3n) is 5.15. The maximum Gasteiger partial charge on any atom is 0.513 e. The normalized spacial score (nSPS) is 14.2. The maximum absolute atomic E-state index is 13.1. The van der Waals surface area contributed by atoms with Crippen molar-refractivity contribution in [2.75, 3.05) is 18.6 Å². The molecule has 2 aromatic rings. The number of carbonyl (C=O) groups excluding carboxylic acids is 2. The van der Waals surface area contributed by atoms with Crippen LogP contribution in [0.15, 0.2) is 36.4 Å². The molecular weight excluding hydrogens is 356 g/mol. The van der Waals surface area contributed by atoms with E-state index in [1.165, 1.54) is 12.7 Å². The second kappa shape index (κ2) is 8.44. The van der Waals surface area contributed by atoms with E-state index >= 15 is 0 Å². The molecule has 0 saturated heterocycles. The summed E-state index contributed by atoms with van der Waals surface area (Å²) in [4.78, 5) is 26.2. The fraction of sp³-hybridized carbons (Fsp3) is 0.364. The molecule has 6 heteroatoms. The number of nitrogens with zero attached hydrogens (tertiary/aromatic N) is 1. The molecule has 0 bridgehead atoms. The molecule has 0 saturated carbocycles. The summed E-state index contributed by atoms with van der Waals surface area (Å²) in [5.41, 5.74) is 11.3. The van der Waals surface area contributed by atoms with Crippen molar-refractivity contribution in [2.24, 2.45) is 5.73 Å². The Labute approximate surface area is 165 Å². The number of nitrogens with two attached hydrogens (primary N) is 1. The van der Waals surface area contributed by atoms with Gasteiger partial charge in [-0.25, -0.2) is 4.79 Å². The second-order valence-electron chi connectivity index (χ2n) is 7.12. The predicted molar refractivity (Wildman–Crippen MR) is 108 cm³/mol. The molecule has 1 aliphatic heterocycles. The van der Waals surface area contributed by atoms with Crippen LogP contribution in [0.5, 0.6) is 5.75 Å². The lowest BCUT2D eigenvalue weighted by Crippen LogP contribution is -2.47. The van der Waals surface area contributed by atoms with Crippen LogP contribution >= 0.6 is 0 Å². The monoisotopic (exact) mass is 382 g/mol. The van der Waals surface area contributed by atoms with Gasteiger partial charge in [0.2, 0.25) is 5.91 Å². The minimum atomic E-state index is -0.762. The Morgan fingerprint density at radius 3 is 2.54 bits per heavy atom. The van der Waals surface area contributed by atoms with Crippen LogP contribution < -0.4 is 15.4 Å². The smallest absolute Gasteiger partial charge is 0.437 e. The van der Waals surface area contributed by atoms with Crippen LogP contribution in [0.25, 0.3) is 0 Å². The van der Waals surface area contributed by atoms with E-state index in [-0.39, 0.29) is 5.91 Å². The predicted octanol–water partition coefficient (Wildman–Crippen LogP) is 3.30.